The Morgan fingerprint density at radius 2 is 1.70 bits per heavy atom. The summed E-state index contributed by atoms with van der Waals surface area (Å²) < 4.78 is 24.6. The summed E-state index contributed by atoms with van der Waals surface area (Å²) in [6.07, 6.45) is 1.09. The molecule has 0 aliphatic carbocycles. The van der Waals surface area contributed by atoms with E-state index in [1.807, 2.05) is 26.8 Å². The zero-order valence-corrected chi connectivity index (χ0v) is 13.4. The molecule has 1 aromatic rings. The van der Waals surface area contributed by atoms with Crippen molar-refractivity contribution in [3.63, 3.8) is 0 Å². The van der Waals surface area contributed by atoms with Crippen LogP contribution in [0.15, 0.2) is 30.3 Å². The van der Waals surface area contributed by atoms with Crippen LogP contribution in [-0.4, -0.2) is 37.5 Å². The van der Waals surface area contributed by atoms with Gasteiger partial charge in [0.25, 0.3) is 0 Å². The molecule has 112 valence electrons. The summed E-state index contributed by atoms with van der Waals surface area (Å²) in [4.78, 5) is 12.4. The summed E-state index contributed by atoms with van der Waals surface area (Å²) in [6, 6.07) is 8.00. The van der Waals surface area contributed by atoms with Crippen molar-refractivity contribution >= 4 is 15.9 Å². The number of rotatable bonds is 4. The van der Waals surface area contributed by atoms with Crippen molar-refractivity contribution in [3.05, 3.63) is 35.9 Å². The van der Waals surface area contributed by atoms with Gasteiger partial charge in [-0.15, -0.1) is 0 Å². The third-order valence-corrected chi connectivity index (χ3v) is 4.01. The summed E-state index contributed by atoms with van der Waals surface area (Å²) in [5, 5.41) is 2.83. The molecule has 0 spiro atoms. The lowest BCUT2D eigenvalue weighted by Gasteiger charge is -2.29. The Balaban J connectivity index is 3.19. The highest BCUT2D eigenvalue weighted by Crippen LogP contribution is 2.22. The Hall–Kier alpha value is -1.40. The molecule has 1 amide bonds. The first-order valence-electron chi connectivity index (χ1n) is 6.32. The lowest BCUT2D eigenvalue weighted by Crippen LogP contribution is -2.48. The van der Waals surface area contributed by atoms with Gasteiger partial charge in [-0.1, -0.05) is 30.3 Å². The van der Waals surface area contributed by atoms with Crippen LogP contribution in [0.3, 0.4) is 0 Å². The maximum absolute atomic E-state index is 12.4. The molecule has 0 saturated carbocycles. The van der Waals surface area contributed by atoms with Gasteiger partial charge < -0.3 is 5.32 Å². The number of nitrogens with zero attached hydrogens (tertiary/aromatic N) is 1. The minimum atomic E-state index is -3.48. The van der Waals surface area contributed by atoms with Crippen LogP contribution < -0.4 is 5.32 Å². The van der Waals surface area contributed by atoms with Crippen molar-refractivity contribution in [2.45, 2.75) is 32.4 Å². The monoisotopic (exact) mass is 298 g/mol. The second-order valence-corrected chi connectivity index (χ2v) is 7.87. The van der Waals surface area contributed by atoms with Crippen LogP contribution in [0.5, 0.6) is 0 Å². The summed E-state index contributed by atoms with van der Waals surface area (Å²) in [5.74, 6) is -0.336. The largest absolute Gasteiger partial charge is 0.350 e. The molecule has 0 radical (unpaired) electrons. The van der Waals surface area contributed by atoms with Crippen molar-refractivity contribution in [2.24, 2.45) is 0 Å². The first-order chi connectivity index (χ1) is 9.02. The number of amides is 1. The number of benzene rings is 1. The van der Waals surface area contributed by atoms with E-state index in [4.69, 9.17) is 0 Å². The highest BCUT2D eigenvalue weighted by atomic mass is 32.2. The van der Waals surface area contributed by atoms with E-state index in [0.717, 1.165) is 10.6 Å². The van der Waals surface area contributed by atoms with Gasteiger partial charge in [-0.2, -0.15) is 4.31 Å². The molecule has 1 N–H and O–H groups in total. The Bertz CT molecular complexity index is 562. The SMILES string of the molecule is CN([C@@H](C(=O)NC(C)(C)C)c1ccccc1)S(C)(=O)=O. The van der Waals surface area contributed by atoms with E-state index >= 15 is 0 Å². The van der Waals surface area contributed by atoms with Crippen LogP contribution in [-0.2, 0) is 14.8 Å². The third-order valence-electron chi connectivity index (χ3n) is 2.75. The number of carbonyl (C=O) groups excluding carboxylic acids is 1. The lowest BCUT2D eigenvalue weighted by molar-refractivity contribution is -0.126. The molecular weight excluding hydrogens is 276 g/mol. The zero-order valence-electron chi connectivity index (χ0n) is 12.5. The predicted molar refractivity (Wildman–Crippen MR) is 79.7 cm³/mol. The molecule has 0 saturated heterocycles. The van der Waals surface area contributed by atoms with Crippen LogP contribution in [0.25, 0.3) is 0 Å². The molecule has 1 atom stereocenters. The molecule has 6 heteroatoms. The minimum absolute atomic E-state index is 0.336. The quantitative estimate of drug-likeness (QED) is 0.917. The smallest absolute Gasteiger partial charge is 0.243 e. The molecule has 0 aromatic heterocycles. The van der Waals surface area contributed by atoms with Gasteiger partial charge in [0, 0.05) is 12.6 Å². The molecule has 20 heavy (non-hydrogen) atoms. The summed E-state index contributed by atoms with van der Waals surface area (Å²) >= 11 is 0. The number of hydrogen-bond donors (Lipinski definition) is 1. The van der Waals surface area contributed by atoms with E-state index in [-0.39, 0.29) is 5.91 Å². The second-order valence-electron chi connectivity index (χ2n) is 5.83. The number of sulfonamides is 1. The average molecular weight is 298 g/mol. The van der Waals surface area contributed by atoms with E-state index < -0.39 is 21.6 Å². The standard InChI is InChI=1S/C14H22N2O3S/c1-14(2,3)15-13(17)12(16(4)20(5,18)19)11-9-7-6-8-10-11/h6-10,12H,1-5H3,(H,15,17)/t12-/m1/s1. The van der Waals surface area contributed by atoms with Gasteiger partial charge in [-0.05, 0) is 26.3 Å². The molecule has 5 nitrogen and oxygen atoms in total. The topological polar surface area (TPSA) is 66.5 Å². The fourth-order valence-electron chi connectivity index (χ4n) is 1.79. The van der Waals surface area contributed by atoms with E-state index in [1.54, 1.807) is 24.3 Å². The minimum Gasteiger partial charge on any atom is -0.350 e. The van der Waals surface area contributed by atoms with Gasteiger partial charge in [0.1, 0.15) is 6.04 Å². The number of likely N-dealkylation sites (N-methyl/N-ethyl adjacent to an activating group) is 1. The molecule has 0 fully saturated rings. The molecule has 0 heterocycles. The first kappa shape index (κ1) is 16.7. The zero-order chi connectivity index (χ0) is 15.6. The fraction of sp³-hybridized carbons (Fsp3) is 0.500. The van der Waals surface area contributed by atoms with Crippen molar-refractivity contribution in [1.82, 2.24) is 9.62 Å². The Morgan fingerprint density at radius 3 is 2.10 bits per heavy atom. The van der Waals surface area contributed by atoms with Crippen molar-refractivity contribution < 1.29 is 13.2 Å². The molecule has 0 aliphatic rings. The van der Waals surface area contributed by atoms with Gasteiger partial charge in [0.2, 0.25) is 15.9 Å². The van der Waals surface area contributed by atoms with Crippen LogP contribution in [0.2, 0.25) is 0 Å². The Labute approximate surface area is 121 Å². The van der Waals surface area contributed by atoms with Crippen LogP contribution in [0, 0.1) is 0 Å². The normalized spacial score (nSPS) is 14.1. The summed E-state index contributed by atoms with van der Waals surface area (Å²) in [6.45, 7) is 5.56. The van der Waals surface area contributed by atoms with Crippen LogP contribution in [0.1, 0.15) is 32.4 Å². The van der Waals surface area contributed by atoms with Gasteiger partial charge in [-0.3, -0.25) is 4.79 Å². The summed E-state index contributed by atoms with van der Waals surface area (Å²) in [5.41, 5.74) is 0.213. The number of nitrogens with one attached hydrogen (secondary N) is 1. The molecule has 0 bridgehead atoms. The number of carbonyl (C=O) groups is 1. The van der Waals surface area contributed by atoms with E-state index in [9.17, 15) is 13.2 Å². The van der Waals surface area contributed by atoms with Crippen molar-refractivity contribution in [1.29, 1.82) is 0 Å². The molecule has 1 rings (SSSR count). The Morgan fingerprint density at radius 1 is 1.20 bits per heavy atom. The van der Waals surface area contributed by atoms with Crippen LogP contribution in [0.4, 0.5) is 0 Å². The van der Waals surface area contributed by atoms with E-state index in [1.165, 1.54) is 7.05 Å². The number of hydrogen-bond acceptors (Lipinski definition) is 3. The highest BCUT2D eigenvalue weighted by molar-refractivity contribution is 7.88. The maximum atomic E-state index is 12.4. The van der Waals surface area contributed by atoms with E-state index in [2.05, 4.69) is 5.32 Å². The first-order valence-corrected chi connectivity index (χ1v) is 8.17. The highest BCUT2D eigenvalue weighted by Gasteiger charge is 2.32. The fourth-order valence-corrected chi connectivity index (χ4v) is 2.39. The van der Waals surface area contributed by atoms with Crippen molar-refractivity contribution in [2.75, 3.05) is 13.3 Å². The molecule has 0 unspecified atom stereocenters. The van der Waals surface area contributed by atoms with Crippen LogP contribution >= 0.6 is 0 Å². The van der Waals surface area contributed by atoms with Gasteiger partial charge in [-0.25, -0.2) is 8.42 Å². The van der Waals surface area contributed by atoms with Gasteiger partial charge in [0.05, 0.1) is 6.26 Å². The molecular formula is C14H22N2O3S. The van der Waals surface area contributed by atoms with Gasteiger partial charge >= 0.3 is 0 Å². The average Bonchev–Trinajstić information content (AvgIpc) is 2.26. The molecule has 0 aliphatic heterocycles. The maximum Gasteiger partial charge on any atom is 0.243 e. The van der Waals surface area contributed by atoms with Crippen molar-refractivity contribution in [3.8, 4) is 0 Å². The molecule has 1 aromatic carbocycles. The van der Waals surface area contributed by atoms with Gasteiger partial charge in [0.15, 0.2) is 0 Å². The summed E-state index contributed by atoms with van der Waals surface area (Å²) in [7, 11) is -2.07. The predicted octanol–water partition coefficient (Wildman–Crippen LogP) is 1.53. The lowest BCUT2D eigenvalue weighted by atomic mass is 10.0. The second kappa shape index (κ2) is 5.93. The van der Waals surface area contributed by atoms with E-state index in [0.29, 0.717) is 5.56 Å². The Kier molecular flexibility index (Phi) is 4.94. The third kappa shape index (κ3) is 4.61.